The molecule has 0 saturated carbocycles. The Hall–Kier alpha value is -2.06. The molecule has 1 amide bonds. The molecule has 1 heterocycles. The van der Waals surface area contributed by atoms with Crippen LogP contribution in [0.5, 0.6) is 5.75 Å². The van der Waals surface area contributed by atoms with Crippen LogP contribution >= 0.6 is 15.9 Å². The highest BCUT2D eigenvalue weighted by molar-refractivity contribution is 9.10. The molecule has 8 heteroatoms. The highest BCUT2D eigenvalue weighted by Gasteiger charge is 2.28. The largest absolute Gasteiger partial charge is 0.487 e. The van der Waals surface area contributed by atoms with Gasteiger partial charge in [0.2, 0.25) is 5.91 Å². The van der Waals surface area contributed by atoms with Crippen molar-refractivity contribution in [2.24, 2.45) is 0 Å². The Bertz CT molecular complexity index is 930. The first-order chi connectivity index (χ1) is 11.8. The fraction of sp³-hybridized carbons (Fsp3) is 0.235. The van der Waals surface area contributed by atoms with Crippen molar-refractivity contribution in [1.82, 2.24) is 0 Å². The molecule has 0 bridgehead atoms. The van der Waals surface area contributed by atoms with E-state index in [0.29, 0.717) is 28.1 Å². The van der Waals surface area contributed by atoms with Crippen molar-refractivity contribution < 1.29 is 17.9 Å². The van der Waals surface area contributed by atoms with E-state index in [4.69, 9.17) is 4.74 Å². The lowest BCUT2D eigenvalue weighted by Crippen LogP contribution is -2.41. The minimum absolute atomic E-state index is 0.0615. The quantitative estimate of drug-likeness (QED) is 0.818. The fourth-order valence-corrected chi connectivity index (χ4v) is 4.24. The molecule has 0 spiro atoms. The lowest BCUT2D eigenvalue weighted by molar-refractivity contribution is -0.117. The topological polar surface area (TPSA) is 75.7 Å². The third kappa shape index (κ3) is 3.64. The molecule has 1 atom stereocenters. The van der Waals surface area contributed by atoms with E-state index in [1.165, 1.54) is 24.0 Å². The van der Waals surface area contributed by atoms with Gasteiger partial charge in [-0.1, -0.05) is 12.1 Å². The molecule has 1 N–H and O–H groups in total. The van der Waals surface area contributed by atoms with Crippen molar-refractivity contribution in [3.8, 4) is 5.75 Å². The molecule has 132 valence electrons. The molecule has 0 unspecified atom stereocenters. The molecule has 0 aromatic heterocycles. The monoisotopic (exact) mass is 424 g/mol. The fourth-order valence-electron chi connectivity index (χ4n) is 2.63. The van der Waals surface area contributed by atoms with E-state index < -0.39 is 10.0 Å². The van der Waals surface area contributed by atoms with Crippen LogP contribution in [0, 0.1) is 0 Å². The number of halogens is 1. The first-order valence-corrected chi connectivity index (χ1v) is 9.92. The Morgan fingerprint density at radius 3 is 2.68 bits per heavy atom. The number of anilines is 2. The molecule has 0 radical (unpaired) electrons. The van der Waals surface area contributed by atoms with E-state index in [2.05, 4.69) is 20.7 Å². The third-order valence-corrected chi connectivity index (χ3v) is 5.85. The van der Waals surface area contributed by atoms with E-state index >= 15 is 0 Å². The van der Waals surface area contributed by atoms with Crippen molar-refractivity contribution in [1.29, 1.82) is 0 Å². The number of nitrogens with one attached hydrogen (secondary N) is 1. The second-order valence-corrected chi connectivity index (χ2v) is 8.31. The number of ether oxygens (including phenoxy) is 1. The minimum atomic E-state index is -3.81. The SMILES string of the molecule is CC(=O)N1C[C@@H](C)Oc2ccc(S(=O)(=O)Nc3ccccc3Br)cc21. The molecule has 2 aromatic rings. The van der Waals surface area contributed by atoms with Crippen molar-refractivity contribution in [2.45, 2.75) is 24.8 Å². The number of hydrogen-bond acceptors (Lipinski definition) is 4. The van der Waals surface area contributed by atoms with Crippen molar-refractivity contribution in [3.05, 3.63) is 46.9 Å². The Morgan fingerprint density at radius 2 is 2.00 bits per heavy atom. The van der Waals surface area contributed by atoms with E-state index in [1.54, 1.807) is 30.3 Å². The van der Waals surface area contributed by atoms with Gasteiger partial charge >= 0.3 is 0 Å². The number of rotatable bonds is 3. The number of sulfonamides is 1. The molecule has 0 saturated heterocycles. The Balaban J connectivity index is 2.00. The summed E-state index contributed by atoms with van der Waals surface area (Å²) in [6, 6.07) is 11.4. The van der Waals surface area contributed by atoms with E-state index in [0.717, 1.165) is 0 Å². The number of amides is 1. The highest BCUT2D eigenvalue weighted by Crippen LogP contribution is 2.36. The number of nitrogens with zero attached hydrogens (tertiary/aromatic N) is 1. The zero-order chi connectivity index (χ0) is 18.2. The smallest absolute Gasteiger partial charge is 0.262 e. The van der Waals surface area contributed by atoms with Crippen LogP contribution in [-0.4, -0.2) is 27.0 Å². The summed E-state index contributed by atoms with van der Waals surface area (Å²) < 4.78 is 34.3. The first-order valence-electron chi connectivity index (χ1n) is 7.64. The van der Waals surface area contributed by atoms with Crippen molar-refractivity contribution in [2.75, 3.05) is 16.2 Å². The molecule has 1 aliphatic rings. The molecular formula is C17H17BrN2O4S. The van der Waals surface area contributed by atoms with Gasteiger partial charge in [-0.3, -0.25) is 9.52 Å². The molecular weight excluding hydrogens is 408 g/mol. The van der Waals surface area contributed by atoms with Gasteiger partial charge in [-0.25, -0.2) is 8.42 Å². The van der Waals surface area contributed by atoms with E-state index in [9.17, 15) is 13.2 Å². The summed E-state index contributed by atoms with van der Waals surface area (Å²) in [5, 5.41) is 0. The van der Waals surface area contributed by atoms with Gasteiger partial charge < -0.3 is 9.64 Å². The van der Waals surface area contributed by atoms with Gasteiger partial charge in [0.25, 0.3) is 10.0 Å². The summed E-state index contributed by atoms with van der Waals surface area (Å²) in [5.41, 5.74) is 0.897. The number of para-hydroxylation sites is 1. The van der Waals surface area contributed by atoms with Crippen molar-refractivity contribution in [3.63, 3.8) is 0 Å². The summed E-state index contributed by atoms with van der Waals surface area (Å²) in [6.45, 7) is 3.68. The van der Waals surface area contributed by atoms with Gasteiger partial charge in [-0.05, 0) is 53.2 Å². The molecule has 2 aromatic carbocycles. The van der Waals surface area contributed by atoms with Gasteiger partial charge in [0.15, 0.2) is 0 Å². The lowest BCUT2D eigenvalue weighted by atomic mass is 10.2. The maximum absolute atomic E-state index is 12.7. The summed E-state index contributed by atoms with van der Waals surface area (Å²) in [7, 11) is -3.81. The lowest BCUT2D eigenvalue weighted by Gasteiger charge is -2.33. The van der Waals surface area contributed by atoms with Gasteiger partial charge in [-0.15, -0.1) is 0 Å². The molecule has 3 rings (SSSR count). The summed E-state index contributed by atoms with van der Waals surface area (Å²) >= 11 is 3.32. The molecule has 25 heavy (non-hydrogen) atoms. The number of fused-ring (bicyclic) bond motifs is 1. The van der Waals surface area contributed by atoms with Crippen LogP contribution in [0.4, 0.5) is 11.4 Å². The van der Waals surface area contributed by atoms with Crippen LogP contribution in [0.1, 0.15) is 13.8 Å². The van der Waals surface area contributed by atoms with E-state index in [1.807, 2.05) is 6.92 Å². The Morgan fingerprint density at radius 1 is 1.28 bits per heavy atom. The Labute approximate surface area is 155 Å². The molecule has 1 aliphatic heterocycles. The van der Waals surface area contributed by atoms with Crippen molar-refractivity contribution >= 4 is 43.2 Å². The average molecular weight is 425 g/mol. The van der Waals surface area contributed by atoms with Gasteiger partial charge in [0.05, 0.1) is 22.8 Å². The van der Waals surface area contributed by atoms with Crippen LogP contribution in [0.15, 0.2) is 51.8 Å². The van der Waals surface area contributed by atoms with E-state index in [-0.39, 0.29) is 16.9 Å². The van der Waals surface area contributed by atoms with Gasteiger partial charge in [-0.2, -0.15) is 0 Å². The number of carbonyl (C=O) groups is 1. The zero-order valence-corrected chi connectivity index (χ0v) is 16.1. The number of benzene rings is 2. The first kappa shape index (κ1) is 17.8. The zero-order valence-electron chi connectivity index (χ0n) is 13.7. The maximum Gasteiger partial charge on any atom is 0.262 e. The average Bonchev–Trinajstić information content (AvgIpc) is 2.55. The maximum atomic E-state index is 12.7. The Kier molecular flexibility index (Phi) is 4.75. The summed E-state index contributed by atoms with van der Waals surface area (Å²) in [6.07, 6.45) is -0.155. The highest BCUT2D eigenvalue weighted by atomic mass is 79.9. The predicted octanol–water partition coefficient (Wildman–Crippen LogP) is 3.38. The van der Waals surface area contributed by atoms with Crippen LogP contribution in [0.2, 0.25) is 0 Å². The predicted molar refractivity (Wildman–Crippen MR) is 99.5 cm³/mol. The second kappa shape index (κ2) is 6.68. The van der Waals surface area contributed by atoms with Crippen LogP contribution in [0.3, 0.4) is 0 Å². The molecule has 0 fully saturated rings. The summed E-state index contributed by atoms with van der Waals surface area (Å²) in [4.78, 5) is 13.5. The number of hydrogen-bond donors (Lipinski definition) is 1. The van der Waals surface area contributed by atoms with Gasteiger partial charge in [0.1, 0.15) is 11.9 Å². The molecule has 0 aliphatic carbocycles. The second-order valence-electron chi connectivity index (χ2n) is 5.77. The van der Waals surface area contributed by atoms with Crippen LogP contribution in [-0.2, 0) is 14.8 Å². The minimum Gasteiger partial charge on any atom is -0.487 e. The van der Waals surface area contributed by atoms with Crippen LogP contribution in [0.25, 0.3) is 0 Å². The number of carbonyl (C=O) groups excluding carboxylic acids is 1. The normalized spacial score (nSPS) is 16.8. The van der Waals surface area contributed by atoms with Gasteiger partial charge in [0, 0.05) is 11.4 Å². The standard InChI is InChI=1S/C17H17BrN2O4S/c1-11-10-20(12(2)21)16-9-13(7-8-17(16)24-11)25(22,23)19-15-6-4-3-5-14(15)18/h3-9,11,19H,10H2,1-2H3/t11-/m1/s1. The third-order valence-electron chi connectivity index (χ3n) is 3.80. The van der Waals surface area contributed by atoms with Crippen LogP contribution < -0.4 is 14.4 Å². The molecule has 6 nitrogen and oxygen atoms in total. The summed E-state index contributed by atoms with van der Waals surface area (Å²) in [5.74, 6) is 0.332.